The van der Waals surface area contributed by atoms with Crippen LogP contribution in [0.1, 0.15) is 109 Å². The number of rotatable bonds is 5. The van der Waals surface area contributed by atoms with Gasteiger partial charge in [-0.25, -0.2) is 0 Å². The standard InChI is InChI=1S/C21H29NO.C12H23N/c1-2-6-17(7-3-1)10-13-22-14-11-18(12-15-22)20-16-23-21-9-5-4-8-19(20)21;1-9(13)10-5-7-11(8-6-10)12(2,3)4/h4-5,8-9,16-18H,1-3,6-7,10-15H2;10-11H,1,5-8,13H2,2-4H3. The van der Waals surface area contributed by atoms with Crippen molar-refractivity contribution >= 4 is 11.0 Å². The van der Waals surface area contributed by atoms with E-state index in [2.05, 4.69) is 56.5 Å². The van der Waals surface area contributed by atoms with Crippen LogP contribution in [-0.4, -0.2) is 24.5 Å². The minimum absolute atomic E-state index is 0.473. The van der Waals surface area contributed by atoms with Gasteiger partial charge in [-0.2, -0.15) is 0 Å². The van der Waals surface area contributed by atoms with E-state index in [9.17, 15) is 0 Å². The van der Waals surface area contributed by atoms with E-state index < -0.39 is 0 Å². The van der Waals surface area contributed by atoms with Crippen LogP contribution in [-0.2, 0) is 0 Å². The van der Waals surface area contributed by atoms with E-state index in [4.69, 9.17) is 10.2 Å². The number of hydrogen-bond donors (Lipinski definition) is 1. The lowest BCUT2D eigenvalue weighted by atomic mass is 9.69. The number of allylic oxidation sites excluding steroid dienone is 1. The van der Waals surface area contributed by atoms with Gasteiger partial charge in [-0.15, -0.1) is 0 Å². The van der Waals surface area contributed by atoms with Gasteiger partial charge in [0.25, 0.3) is 0 Å². The molecule has 0 spiro atoms. The summed E-state index contributed by atoms with van der Waals surface area (Å²) >= 11 is 0. The molecule has 200 valence electrons. The molecule has 3 nitrogen and oxygen atoms in total. The Labute approximate surface area is 220 Å². The average molecular weight is 493 g/mol. The maximum absolute atomic E-state index is 5.74. The van der Waals surface area contributed by atoms with Crippen molar-refractivity contribution in [1.29, 1.82) is 0 Å². The van der Waals surface area contributed by atoms with Gasteiger partial charge in [0.2, 0.25) is 0 Å². The Morgan fingerprint density at radius 3 is 2.25 bits per heavy atom. The van der Waals surface area contributed by atoms with Crippen molar-refractivity contribution in [3.05, 3.63) is 48.4 Å². The topological polar surface area (TPSA) is 42.4 Å². The highest BCUT2D eigenvalue weighted by Crippen LogP contribution is 2.40. The SMILES string of the molecule is C=C(N)C1CCC(C(C)(C)C)CC1.c1ccc2c(C3CCN(CCC4CCCCC4)CC3)coc2c1. The summed E-state index contributed by atoms with van der Waals surface area (Å²) in [4.78, 5) is 2.70. The second-order valence-electron chi connectivity index (χ2n) is 13.1. The van der Waals surface area contributed by atoms with Gasteiger partial charge in [0.15, 0.2) is 0 Å². The molecule has 3 heteroatoms. The van der Waals surface area contributed by atoms with Crippen LogP contribution in [0, 0.1) is 23.2 Å². The minimum atomic E-state index is 0.473. The summed E-state index contributed by atoms with van der Waals surface area (Å²) in [7, 11) is 0. The summed E-state index contributed by atoms with van der Waals surface area (Å²) in [6.45, 7) is 14.7. The van der Waals surface area contributed by atoms with Crippen molar-refractivity contribution in [2.45, 2.75) is 104 Å². The maximum Gasteiger partial charge on any atom is 0.134 e. The molecular weight excluding hydrogens is 440 g/mol. The van der Waals surface area contributed by atoms with Crippen LogP contribution in [0.4, 0.5) is 0 Å². The largest absolute Gasteiger partial charge is 0.464 e. The molecule has 1 saturated heterocycles. The van der Waals surface area contributed by atoms with Crippen molar-refractivity contribution in [3.8, 4) is 0 Å². The molecule has 0 atom stereocenters. The quantitative estimate of drug-likeness (QED) is 0.453. The first-order valence-electron chi connectivity index (χ1n) is 14.9. The fourth-order valence-corrected chi connectivity index (χ4v) is 6.95. The number of hydrogen-bond acceptors (Lipinski definition) is 3. The third-order valence-electron chi connectivity index (χ3n) is 9.59. The Kier molecular flexibility index (Phi) is 9.61. The molecule has 0 radical (unpaired) electrons. The normalized spacial score (nSPS) is 24.9. The zero-order valence-electron chi connectivity index (χ0n) is 23.4. The van der Waals surface area contributed by atoms with Crippen LogP contribution in [0.25, 0.3) is 11.0 Å². The first-order valence-corrected chi connectivity index (χ1v) is 14.9. The fourth-order valence-electron chi connectivity index (χ4n) is 6.95. The van der Waals surface area contributed by atoms with E-state index in [-0.39, 0.29) is 0 Å². The number of nitrogens with two attached hydrogens (primary N) is 1. The third-order valence-corrected chi connectivity index (χ3v) is 9.59. The van der Waals surface area contributed by atoms with Crippen LogP contribution in [0.5, 0.6) is 0 Å². The monoisotopic (exact) mass is 492 g/mol. The van der Waals surface area contributed by atoms with Crippen LogP contribution < -0.4 is 5.73 Å². The van der Waals surface area contributed by atoms with E-state index in [1.54, 1.807) is 0 Å². The van der Waals surface area contributed by atoms with Crippen molar-refractivity contribution in [2.24, 2.45) is 28.9 Å². The Hall–Kier alpha value is -1.74. The summed E-state index contributed by atoms with van der Waals surface area (Å²) in [5.41, 5.74) is 9.58. The second-order valence-corrected chi connectivity index (χ2v) is 13.1. The van der Waals surface area contributed by atoms with Gasteiger partial charge < -0.3 is 15.1 Å². The molecular formula is C33H52N2O. The number of likely N-dealkylation sites (tertiary alicyclic amines) is 1. The fraction of sp³-hybridized carbons (Fsp3) is 0.697. The summed E-state index contributed by atoms with van der Waals surface area (Å²) in [5.74, 6) is 3.17. The molecule has 0 unspecified atom stereocenters. The predicted octanol–water partition coefficient (Wildman–Crippen LogP) is 8.89. The smallest absolute Gasteiger partial charge is 0.134 e. The number of furan rings is 1. The van der Waals surface area contributed by atoms with E-state index in [1.807, 2.05) is 6.26 Å². The maximum atomic E-state index is 5.74. The molecule has 2 N–H and O–H groups in total. The van der Waals surface area contributed by atoms with E-state index >= 15 is 0 Å². The molecule has 2 aromatic rings. The molecule has 3 fully saturated rings. The lowest BCUT2D eigenvalue weighted by Crippen LogP contribution is -2.34. The lowest BCUT2D eigenvalue weighted by Gasteiger charge is -2.37. The summed E-state index contributed by atoms with van der Waals surface area (Å²) in [6, 6.07) is 8.48. The van der Waals surface area contributed by atoms with Crippen LogP contribution in [0.2, 0.25) is 0 Å². The third kappa shape index (κ3) is 7.40. The molecule has 5 rings (SSSR count). The van der Waals surface area contributed by atoms with Crippen LogP contribution in [0.15, 0.2) is 47.2 Å². The van der Waals surface area contributed by atoms with Gasteiger partial charge in [-0.3, -0.25) is 0 Å². The van der Waals surface area contributed by atoms with Gasteiger partial charge in [-0.1, -0.05) is 77.7 Å². The summed E-state index contributed by atoms with van der Waals surface area (Å²) < 4.78 is 5.74. The van der Waals surface area contributed by atoms with Crippen LogP contribution in [0.3, 0.4) is 0 Å². The molecule has 2 aliphatic carbocycles. The number of piperidine rings is 1. The van der Waals surface area contributed by atoms with Gasteiger partial charge in [0.1, 0.15) is 5.58 Å². The Bertz CT molecular complexity index is 932. The van der Waals surface area contributed by atoms with E-state index in [1.165, 1.54) is 108 Å². The molecule has 1 aromatic carbocycles. The Morgan fingerprint density at radius 1 is 0.944 bits per heavy atom. The van der Waals surface area contributed by atoms with Gasteiger partial charge in [0, 0.05) is 16.6 Å². The molecule has 1 aromatic heterocycles. The zero-order chi connectivity index (χ0) is 25.5. The summed E-state index contributed by atoms with van der Waals surface area (Å²) in [5, 5.41) is 1.33. The lowest BCUT2D eigenvalue weighted by molar-refractivity contribution is 0.159. The first kappa shape index (κ1) is 27.3. The van der Waals surface area contributed by atoms with E-state index in [0.29, 0.717) is 17.3 Å². The van der Waals surface area contributed by atoms with Gasteiger partial charge in [-0.05, 0) is 99.7 Å². The van der Waals surface area contributed by atoms with Crippen LogP contribution >= 0.6 is 0 Å². The van der Waals surface area contributed by atoms with Crippen molar-refractivity contribution in [2.75, 3.05) is 19.6 Å². The number of nitrogens with zero attached hydrogens (tertiary/aromatic N) is 1. The number of para-hydroxylation sites is 1. The molecule has 0 bridgehead atoms. The van der Waals surface area contributed by atoms with Crippen molar-refractivity contribution < 1.29 is 4.42 Å². The number of benzene rings is 1. The molecule has 36 heavy (non-hydrogen) atoms. The molecule has 3 aliphatic rings. The molecule has 1 aliphatic heterocycles. The highest BCUT2D eigenvalue weighted by atomic mass is 16.3. The average Bonchev–Trinajstić information content (AvgIpc) is 3.33. The van der Waals surface area contributed by atoms with Crippen molar-refractivity contribution in [3.63, 3.8) is 0 Å². The predicted molar refractivity (Wildman–Crippen MR) is 154 cm³/mol. The highest BCUT2D eigenvalue weighted by Gasteiger charge is 2.30. The Balaban J connectivity index is 0.000000200. The van der Waals surface area contributed by atoms with Gasteiger partial charge >= 0.3 is 0 Å². The highest BCUT2D eigenvalue weighted by molar-refractivity contribution is 5.81. The molecule has 2 heterocycles. The first-order chi connectivity index (χ1) is 17.3. The zero-order valence-corrected chi connectivity index (χ0v) is 23.4. The van der Waals surface area contributed by atoms with Gasteiger partial charge in [0.05, 0.1) is 6.26 Å². The summed E-state index contributed by atoms with van der Waals surface area (Å²) in [6.07, 6.45) is 18.5. The molecule has 0 amide bonds. The number of fused-ring (bicyclic) bond motifs is 1. The molecule has 2 saturated carbocycles. The minimum Gasteiger partial charge on any atom is -0.464 e. The van der Waals surface area contributed by atoms with E-state index in [0.717, 1.165) is 23.1 Å². The second kappa shape index (κ2) is 12.7. The Morgan fingerprint density at radius 2 is 1.61 bits per heavy atom. The van der Waals surface area contributed by atoms with Crippen molar-refractivity contribution in [1.82, 2.24) is 4.90 Å².